The van der Waals surface area contributed by atoms with Crippen LogP contribution in [-0.2, 0) is 9.59 Å². The van der Waals surface area contributed by atoms with E-state index in [4.69, 9.17) is 9.47 Å². The zero-order valence-electron chi connectivity index (χ0n) is 19.1. The van der Waals surface area contributed by atoms with E-state index < -0.39 is 17.7 Å². The molecule has 0 saturated carbocycles. The van der Waals surface area contributed by atoms with Crippen molar-refractivity contribution in [3.05, 3.63) is 88.5 Å². The van der Waals surface area contributed by atoms with Crippen LogP contribution < -0.4 is 14.4 Å². The Morgan fingerprint density at radius 1 is 1.12 bits per heavy atom. The summed E-state index contributed by atoms with van der Waals surface area (Å²) in [6, 6.07) is 12.9. The van der Waals surface area contributed by atoms with E-state index in [2.05, 4.69) is 11.6 Å². The van der Waals surface area contributed by atoms with Gasteiger partial charge in [-0.05, 0) is 55.8 Å². The molecule has 7 nitrogen and oxygen atoms in total. The Morgan fingerprint density at radius 2 is 1.76 bits per heavy atom. The first-order valence-corrected chi connectivity index (χ1v) is 11.4. The number of anilines is 1. The predicted octanol–water partition coefficient (Wildman–Crippen LogP) is 4.96. The highest BCUT2D eigenvalue weighted by molar-refractivity contribution is 7.16. The average molecular weight is 477 g/mol. The molecular formula is C26H24N2O5S. The Bertz CT molecular complexity index is 1260. The van der Waals surface area contributed by atoms with Crippen LogP contribution in [-0.4, -0.2) is 35.5 Å². The van der Waals surface area contributed by atoms with E-state index in [-0.39, 0.29) is 11.3 Å². The van der Waals surface area contributed by atoms with Gasteiger partial charge in [-0.2, -0.15) is 0 Å². The van der Waals surface area contributed by atoms with E-state index in [0.717, 1.165) is 10.6 Å². The second-order valence-corrected chi connectivity index (χ2v) is 8.89. The second-order valence-electron chi connectivity index (χ2n) is 7.70. The minimum absolute atomic E-state index is 0.000401. The zero-order chi connectivity index (χ0) is 24.4. The third kappa shape index (κ3) is 4.20. The van der Waals surface area contributed by atoms with Gasteiger partial charge in [0.15, 0.2) is 5.13 Å². The first kappa shape index (κ1) is 23.3. The molecule has 0 aliphatic carbocycles. The smallest absolute Gasteiger partial charge is 0.301 e. The number of thiazole rings is 1. The molecule has 34 heavy (non-hydrogen) atoms. The van der Waals surface area contributed by atoms with E-state index in [1.165, 1.54) is 16.2 Å². The number of Topliss-reactive ketones (excluding diaryl/α,β-unsaturated/α-hetero) is 1. The Hall–Kier alpha value is -3.91. The normalized spacial score (nSPS) is 17.1. The number of aliphatic hydroxyl groups excluding tert-OH is 1. The van der Waals surface area contributed by atoms with Gasteiger partial charge in [-0.1, -0.05) is 24.8 Å². The summed E-state index contributed by atoms with van der Waals surface area (Å²) < 4.78 is 10.7. The van der Waals surface area contributed by atoms with Gasteiger partial charge in [0.25, 0.3) is 5.78 Å². The van der Waals surface area contributed by atoms with Crippen molar-refractivity contribution < 1.29 is 24.2 Å². The summed E-state index contributed by atoms with van der Waals surface area (Å²) in [5.74, 6) is -0.531. The van der Waals surface area contributed by atoms with Crippen molar-refractivity contribution in [2.24, 2.45) is 0 Å². The molecule has 0 bridgehead atoms. The number of hydrogen-bond acceptors (Lipinski definition) is 7. The van der Waals surface area contributed by atoms with Crippen molar-refractivity contribution in [1.82, 2.24) is 4.98 Å². The first-order chi connectivity index (χ1) is 16.3. The third-order valence-corrected chi connectivity index (χ3v) is 6.67. The molecule has 1 aromatic heterocycles. The summed E-state index contributed by atoms with van der Waals surface area (Å²) in [7, 11) is 1.54. The van der Waals surface area contributed by atoms with Crippen molar-refractivity contribution in [1.29, 1.82) is 0 Å². The highest BCUT2D eigenvalue weighted by Crippen LogP contribution is 2.44. The van der Waals surface area contributed by atoms with Crippen LogP contribution in [0.25, 0.3) is 5.76 Å². The minimum Gasteiger partial charge on any atom is -0.507 e. The number of aliphatic hydroxyl groups is 1. The minimum atomic E-state index is -0.847. The van der Waals surface area contributed by atoms with Gasteiger partial charge in [0, 0.05) is 10.4 Å². The molecule has 2 heterocycles. The molecule has 0 spiro atoms. The summed E-state index contributed by atoms with van der Waals surface area (Å²) >= 11 is 1.33. The molecule has 3 aromatic rings. The van der Waals surface area contributed by atoms with Crippen LogP contribution >= 0.6 is 11.3 Å². The maximum absolute atomic E-state index is 13.2. The highest BCUT2D eigenvalue weighted by Gasteiger charge is 2.48. The number of nitrogens with zero attached hydrogens (tertiary/aromatic N) is 2. The molecule has 2 aromatic carbocycles. The van der Waals surface area contributed by atoms with Gasteiger partial charge in [0.2, 0.25) is 0 Å². The molecule has 1 aliphatic rings. The molecule has 174 valence electrons. The Labute approximate surface area is 201 Å². The number of rotatable bonds is 7. The number of hydrogen-bond donors (Lipinski definition) is 1. The van der Waals surface area contributed by atoms with Crippen molar-refractivity contribution in [2.45, 2.75) is 19.9 Å². The summed E-state index contributed by atoms with van der Waals surface area (Å²) in [5.41, 5.74) is 1.83. The fourth-order valence-electron chi connectivity index (χ4n) is 3.71. The summed E-state index contributed by atoms with van der Waals surface area (Å²) in [4.78, 5) is 33.2. The molecule has 0 unspecified atom stereocenters. The van der Waals surface area contributed by atoms with Gasteiger partial charge in [0.1, 0.15) is 23.9 Å². The highest BCUT2D eigenvalue weighted by atomic mass is 32.1. The molecule has 4 rings (SSSR count). The number of ketones is 1. The Balaban J connectivity index is 1.86. The SMILES string of the molecule is C=CCOc1ccc([C@H]2/C(=C(\O)c3ccc(OC)cc3)C(=O)C(=O)N2c2nc(C)c(C)s2)cc1. The summed E-state index contributed by atoms with van der Waals surface area (Å²) in [5, 5.41) is 11.6. The van der Waals surface area contributed by atoms with Gasteiger partial charge in [-0.3, -0.25) is 14.5 Å². The third-order valence-electron chi connectivity index (χ3n) is 5.59. The molecule has 1 fully saturated rings. The van der Waals surface area contributed by atoms with E-state index in [9.17, 15) is 14.7 Å². The molecule has 1 amide bonds. The predicted molar refractivity (Wildman–Crippen MR) is 131 cm³/mol. The maximum Gasteiger partial charge on any atom is 0.301 e. The fourth-order valence-corrected chi connectivity index (χ4v) is 4.65. The standard InChI is InChI=1S/C26H24N2O5S/c1-5-14-33-20-12-6-17(7-13-20)22-21(23(29)18-8-10-19(32-4)11-9-18)24(30)25(31)28(22)26-27-15(2)16(3)34-26/h5-13,22,29H,1,14H2,2-4H3/b23-21+/t22-/m0/s1. The van der Waals surface area contributed by atoms with Crippen LogP contribution in [0, 0.1) is 13.8 Å². The number of aryl methyl sites for hydroxylation is 2. The van der Waals surface area contributed by atoms with E-state index >= 15 is 0 Å². The lowest BCUT2D eigenvalue weighted by Crippen LogP contribution is -2.29. The lowest BCUT2D eigenvalue weighted by molar-refractivity contribution is -0.132. The average Bonchev–Trinajstić information content (AvgIpc) is 3.32. The largest absolute Gasteiger partial charge is 0.507 e. The van der Waals surface area contributed by atoms with E-state index in [1.807, 2.05) is 13.8 Å². The van der Waals surface area contributed by atoms with Crippen LogP contribution in [0.5, 0.6) is 11.5 Å². The van der Waals surface area contributed by atoms with Crippen LogP contribution in [0.4, 0.5) is 5.13 Å². The molecule has 1 atom stereocenters. The van der Waals surface area contributed by atoms with E-state index in [0.29, 0.717) is 34.4 Å². The van der Waals surface area contributed by atoms with Gasteiger partial charge in [0.05, 0.1) is 24.4 Å². The maximum atomic E-state index is 13.2. The molecule has 1 aliphatic heterocycles. The topological polar surface area (TPSA) is 89.0 Å². The lowest BCUT2D eigenvalue weighted by Gasteiger charge is -2.23. The summed E-state index contributed by atoms with van der Waals surface area (Å²) in [6.45, 7) is 7.75. The van der Waals surface area contributed by atoms with Crippen molar-refractivity contribution in [3.63, 3.8) is 0 Å². The molecular weight excluding hydrogens is 452 g/mol. The Kier molecular flexibility index (Phi) is 6.51. The Morgan fingerprint density at radius 3 is 2.32 bits per heavy atom. The molecule has 1 saturated heterocycles. The van der Waals surface area contributed by atoms with Crippen LogP contribution in [0.15, 0.2) is 66.8 Å². The number of amides is 1. The molecule has 1 N–H and O–H groups in total. The monoisotopic (exact) mass is 476 g/mol. The van der Waals surface area contributed by atoms with Gasteiger partial charge >= 0.3 is 5.91 Å². The number of aromatic nitrogens is 1. The molecule has 8 heteroatoms. The van der Waals surface area contributed by atoms with E-state index in [1.54, 1.807) is 61.7 Å². The summed E-state index contributed by atoms with van der Waals surface area (Å²) in [6.07, 6.45) is 1.64. The lowest BCUT2D eigenvalue weighted by atomic mass is 9.95. The number of carbonyl (C=O) groups is 2. The van der Waals surface area contributed by atoms with Crippen LogP contribution in [0.2, 0.25) is 0 Å². The second kappa shape index (κ2) is 9.52. The van der Waals surface area contributed by atoms with Gasteiger partial charge in [-0.25, -0.2) is 4.98 Å². The zero-order valence-corrected chi connectivity index (χ0v) is 19.9. The number of methoxy groups -OCH3 is 1. The quantitative estimate of drug-likeness (QED) is 0.224. The number of carbonyl (C=O) groups excluding carboxylic acids is 2. The first-order valence-electron chi connectivity index (χ1n) is 10.6. The van der Waals surface area contributed by atoms with Crippen molar-refractivity contribution in [3.8, 4) is 11.5 Å². The van der Waals surface area contributed by atoms with Crippen LogP contribution in [0.1, 0.15) is 27.7 Å². The molecule has 0 radical (unpaired) electrons. The number of benzene rings is 2. The van der Waals surface area contributed by atoms with Gasteiger partial charge < -0.3 is 14.6 Å². The van der Waals surface area contributed by atoms with Crippen molar-refractivity contribution in [2.75, 3.05) is 18.6 Å². The fraction of sp³-hybridized carbons (Fsp3) is 0.192. The van der Waals surface area contributed by atoms with Gasteiger partial charge in [-0.15, -0.1) is 11.3 Å². The van der Waals surface area contributed by atoms with Crippen LogP contribution in [0.3, 0.4) is 0 Å². The van der Waals surface area contributed by atoms with Crippen molar-refractivity contribution >= 4 is 33.9 Å². The number of ether oxygens (including phenoxy) is 2.